The molecule has 1 saturated heterocycles. The highest BCUT2D eigenvalue weighted by Gasteiger charge is 2.56. The number of benzene rings is 1. The van der Waals surface area contributed by atoms with Gasteiger partial charge >= 0.3 is 5.97 Å². The highest BCUT2D eigenvalue weighted by atomic mass is 16.5. The molecule has 1 aliphatic heterocycles. The lowest BCUT2D eigenvalue weighted by atomic mass is 9.52. The summed E-state index contributed by atoms with van der Waals surface area (Å²) in [6.07, 6.45) is 10.4. The molecule has 0 aromatic heterocycles. The number of carboxylic acids is 1. The zero-order valence-corrected chi connectivity index (χ0v) is 26.8. The minimum atomic E-state index is -0.967. The molecule has 248 valence electrons. The number of rotatable bonds is 17. The second kappa shape index (κ2) is 16.2. The van der Waals surface area contributed by atoms with Crippen LogP contribution in [0.5, 0.6) is 5.75 Å². The van der Waals surface area contributed by atoms with Crippen LogP contribution in [0.15, 0.2) is 18.2 Å². The average molecular weight is 617 g/mol. The fourth-order valence-electron chi connectivity index (χ4n) is 8.98. The molecule has 44 heavy (non-hydrogen) atoms. The normalized spacial score (nSPS) is 30.5. The van der Waals surface area contributed by atoms with Gasteiger partial charge in [0.05, 0.1) is 39.1 Å². The molecule has 9 heteroatoms. The van der Waals surface area contributed by atoms with Gasteiger partial charge in [-0.25, -0.2) is 4.79 Å². The first-order chi connectivity index (χ1) is 21.3. The predicted molar refractivity (Wildman–Crippen MR) is 169 cm³/mol. The molecule has 0 radical (unpaired) electrons. The van der Waals surface area contributed by atoms with E-state index in [-0.39, 0.29) is 24.7 Å². The topological polar surface area (TPSA) is 112 Å². The summed E-state index contributed by atoms with van der Waals surface area (Å²) in [7, 11) is 0. The number of hydrogen-bond acceptors (Lipinski definition) is 8. The molecule has 3 aliphatic carbocycles. The highest BCUT2D eigenvalue weighted by Crippen LogP contribution is 2.62. The first-order valence-electron chi connectivity index (χ1n) is 17.2. The van der Waals surface area contributed by atoms with Crippen molar-refractivity contribution in [2.75, 3.05) is 78.9 Å². The van der Waals surface area contributed by atoms with E-state index >= 15 is 0 Å². The Labute approximate surface area is 263 Å². The molecule has 3 N–H and O–H groups in total. The number of aromatic hydroxyl groups is 1. The van der Waals surface area contributed by atoms with E-state index in [1.54, 1.807) is 0 Å². The van der Waals surface area contributed by atoms with Gasteiger partial charge in [0, 0.05) is 32.7 Å². The number of carboxylic acid groups (broad SMARTS) is 1. The molecule has 0 bridgehead atoms. The van der Waals surface area contributed by atoms with Gasteiger partial charge in [-0.2, -0.15) is 0 Å². The van der Waals surface area contributed by atoms with Crippen molar-refractivity contribution in [3.8, 4) is 5.75 Å². The molecule has 4 aliphatic rings. The molecule has 9 nitrogen and oxygen atoms in total. The van der Waals surface area contributed by atoms with Gasteiger partial charge in [-0.05, 0) is 104 Å². The third-order valence-electron chi connectivity index (χ3n) is 11.4. The van der Waals surface area contributed by atoms with Crippen molar-refractivity contribution in [1.82, 2.24) is 9.80 Å². The molecule has 6 atom stereocenters. The molecular formula is C35H56N2O7. The Balaban J connectivity index is 0.960. The number of piperazine rings is 1. The van der Waals surface area contributed by atoms with Gasteiger partial charge in [0.15, 0.2) is 0 Å². The van der Waals surface area contributed by atoms with Crippen LogP contribution in [0.3, 0.4) is 0 Å². The average Bonchev–Trinajstić information content (AvgIpc) is 3.31. The maximum atomic E-state index is 10.9. The van der Waals surface area contributed by atoms with Gasteiger partial charge in [-0.15, -0.1) is 0 Å². The van der Waals surface area contributed by atoms with Crippen LogP contribution in [-0.4, -0.2) is 116 Å². The molecule has 4 unspecified atom stereocenters. The quantitative estimate of drug-likeness (QED) is 0.222. The van der Waals surface area contributed by atoms with E-state index in [1.165, 1.54) is 56.2 Å². The van der Waals surface area contributed by atoms with Crippen LogP contribution in [0.1, 0.15) is 75.3 Å². The van der Waals surface area contributed by atoms with Crippen molar-refractivity contribution >= 4 is 5.97 Å². The zero-order chi connectivity index (χ0) is 30.9. The number of aliphatic hydroxyl groups excluding tert-OH is 1. The van der Waals surface area contributed by atoms with Crippen LogP contribution in [0.2, 0.25) is 0 Å². The number of ether oxygens (including phenoxy) is 3. The van der Waals surface area contributed by atoms with E-state index in [0.29, 0.717) is 55.8 Å². The van der Waals surface area contributed by atoms with Crippen LogP contribution < -0.4 is 0 Å². The number of unbranched alkanes of at least 4 members (excludes halogenated alkanes) is 2. The summed E-state index contributed by atoms with van der Waals surface area (Å²) in [5.74, 6) is 1.95. The Morgan fingerprint density at radius 1 is 0.909 bits per heavy atom. The molecule has 1 aromatic rings. The van der Waals surface area contributed by atoms with Crippen molar-refractivity contribution in [2.45, 2.75) is 76.7 Å². The third kappa shape index (κ3) is 8.53. The number of aliphatic carboxylic acids is 1. The molecular weight excluding hydrogens is 560 g/mol. The van der Waals surface area contributed by atoms with Crippen molar-refractivity contribution in [3.05, 3.63) is 29.3 Å². The fourth-order valence-corrected chi connectivity index (χ4v) is 8.98. The van der Waals surface area contributed by atoms with Crippen molar-refractivity contribution in [1.29, 1.82) is 0 Å². The second-order valence-corrected chi connectivity index (χ2v) is 14.0. The van der Waals surface area contributed by atoms with Gasteiger partial charge in [0.25, 0.3) is 0 Å². The summed E-state index contributed by atoms with van der Waals surface area (Å²) >= 11 is 0. The maximum absolute atomic E-state index is 10.9. The second-order valence-electron chi connectivity index (χ2n) is 14.0. The fraction of sp³-hybridized carbons (Fsp3) is 0.800. The van der Waals surface area contributed by atoms with Crippen molar-refractivity contribution < 1.29 is 34.3 Å². The Morgan fingerprint density at radius 2 is 1.61 bits per heavy atom. The van der Waals surface area contributed by atoms with E-state index in [2.05, 4.69) is 22.8 Å². The SMILES string of the molecule is CC12CCC3c4ccc(O)cc4CC(CCCCCN4CCN(CCOCCOCCOCC(=O)O)CC4)C3[C@@H]1CC[C@@H]2O. The summed E-state index contributed by atoms with van der Waals surface area (Å²) in [5.41, 5.74) is 2.93. The molecule has 1 heterocycles. The van der Waals surface area contributed by atoms with Gasteiger partial charge in [-0.3, -0.25) is 4.90 Å². The number of aliphatic hydroxyl groups is 1. The van der Waals surface area contributed by atoms with Crippen LogP contribution in [0, 0.1) is 23.2 Å². The largest absolute Gasteiger partial charge is 0.508 e. The van der Waals surface area contributed by atoms with Gasteiger partial charge in [0.2, 0.25) is 0 Å². The summed E-state index contributed by atoms with van der Waals surface area (Å²) < 4.78 is 16.0. The number of phenolic OH excluding ortho intramolecular Hbond substituents is 1. The lowest BCUT2D eigenvalue weighted by Gasteiger charge is -2.53. The van der Waals surface area contributed by atoms with Crippen molar-refractivity contribution in [2.24, 2.45) is 23.2 Å². The predicted octanol–water partition coefficient (Wildman–Crippen LogP) is 4.15. The van der Waals surface area contributed by atoms with Gasteiger partial charge < -0.3 is 34.4 Å². The maximum Gasteiger partial charge on any atom is 0.329 e. The molecule has 0 amide bonds. The number of phenols is 1. The molecule has 5 rings (SSSR count). The van der Waals surface area contributed by atoms with Crippen molar-refractivity contribution in [3.63, 3.8) is 0 Å². The molecule has 3 fully saturated rings. The van der Waals surface area contributed by atoms with E-state index in [9.17, 15) is 15.0 Å². The molecule has 1 aromatic carbocycles. The number of carbonyl (C=O) groups is 1. The first kappa shape index (κ1) is 33.6. The lowest BCUT2D eigenvalue weighted by molar-refractivity contribution is -0.142. The van der Waals surface area contributed by atoms with Crippen LogP contribution in [0.25, 0.3) is 0 Å². The number of nitrogens with zero attached hydrogens (tertiary/aromatic N) is 2. The van der Waals surface area contributed by atoms with E-state index in [0.717, 1.165) is 52.0 Å². The minimum Gasteiger partial charge on any atom is -0.508 e. The Kier molecular flexibility index (Phi) is 12.4. The number of hydrogen-bond donors (Lipinski definition) is 3. The smallest absolute Gasteiger partial charge is 0.329 e. The van der Waals surface area contributed by atoms with E-state index in [1.807, 2.05) is 12.1 Å². The third-order valence-corrected chi connectivity index (χ3v) is 11.4. The van der Waals surface area contributed by atoms with E-state index < -0.39 is 5.97 Å². The summed E-state index contributed by atoms with van der Waals surface area (Å²) in [4.78, 5) is 15.5. The minimum absolute atomic E-state index is 0.0812. The van der Waals surface area contributed by atoms with Gasteiger partial charge in [-0.1, -0.05) is 25.8 Å². The first-order valence-corrected chi connectivity index (χ1v) is 17.2. The Hall–Kier alpha value is -1.75. The summed E-state index contributed by atoms with van der Waals surface area (Å²) in [6, 6.07) is 6.11. The summed E-state index contributed by atoms with van der Waals surface area (Å²) in [5, 5.41) is 29.7. The lowest BCUT2D eigenvalue weighted by Crippen LogP contribution is -2.47. The Morgan fingerprint density at radius 3 is 2.36 bits per heavy atom. The standard InChI is InChI=1S/C35H56N2O7/c1-35-11-10-30-29-7-6-28(38)24-27(29)23-26(34(30)31(35)8-9-32(35)39)5-3-2-4-12-36-13-15-37(16-14-36)17-18-42-19-20-43-21-22-44-25-33(40)41/h6-7,24,26,30-32,34,38-39H,2-5,8-23,25H2,1H3,(H,40,41)/t26?,30?,31-,32-,34?,35?/m0/s1. The highest BCUT2D eigenvalue weighted by molar-refractivity contribution is 5.67. The van der Waals surface area contributed by atoms with Gasteiger partial charge in [0.1, 0.15) is 12.4 Å². The summed E-state index contributed by atoms with van der Waals surface area (Å²) in [6.45, 7) is 11.0. The zero-order valence-electron chi connectivity index (χ0n) is 26.8. The van der Waals surface area contributed by atoms with Crippen LogP contribution >= 0.6 is 0 Å². The molecule has 2 saturated carbocycles. The molecule has 0 spiro atoms. The Bertz CT molecular complexity index is 1050. The number of fused-ring (bicyclic) bond motifs is 5. The van der Waals surface area contributed by atoms with Crippen LogP contribution in [-0.2, 0) is 25.4 Å². The van der Waals surface area contributed by atoms with Crippen LogP contribution in [0.4, 0.5) is 0 Å². The van der Waals surface area contributed by atoms with E-state index in [4.69, 9.17) is 19.3 Å². The monoisotopic (exact) mass is 616 g/mol.